The van der Waals surface area contributed by atoms with E-state index in [-0.39, 0.29) is 5.41 Å². The first-order valence-corrected chi connectivity index (χ1v) is 5.97. The highest BCUT2D eigenvalue weighted by molar-refractivity contribution is 9.10. The van der Waals surface area contributed by atoms with Gasteiger partial charge in [-0.05, 0) is 46.3 Å². The fourth-order valence-electron chi connectivity index (χ4n) is 2.20. The van der Waals surface area contributed by atoms with Crippen LogP contribution in [-0.4, -0.2) is 4.98 Å². The van der Waals surface area contributed by atoms with Gasteiger partial charge in [0.2, 0.25) is 0 Å². The van der Waals surface area contributed by atoms with Crippen LogP contribution >= 0.6 is 27.5 Å². The van der Waals surface area contributed by atoms with E-state index in [1.54, 1.807) is 6.20 Å². The van der Waals surface area contributed by atoms with E-state index >= 15 is 0 Å². The van der Waals surface area contributed by atoms with Gasteiger partial charge in [0.25, 0.3) is 0 Å². The molecule has 1 aromatic rings. The van der Waals surface area contributed by atoms with Crippen LogP contribution in [0.3, 0.4) is 0 Å². The van der Waals surface area contributed by atoms with Crippen molar-refractivity contribution >= 4 is 27.5 Å². The Morgan fingerprint density at radius 1 is 1.67 bits per heavy atom. The highest BCUT2D eigenvalue weighted by Gasteiger charge is 2.44. The molecule has 0 N–H and O–H groups in total. The molecule has 0 saturated heterocycles. The Morgan fingerprint density at radius 2 is 2.33 bits per heavy atom. The van der Waals surface area contributed by atoms with Crippen molar-refractivity contribution in [2.45, 2.75) is 25.2 Å². The number of nitriles is 1. The van der Waals surface area contributed by atoms with Crippen molar-refractivity contribution in [3.63, 3.8) is 0 Å². The van der Waals surface area contributed by atoms with Crippen molar-refractivity contribution in [2.24, 2.45) is 5.92 Å². The Labute approximate surface area is 102 Å². The van der Waals surface area contributed by atoms with E-state index in [0.717, 1.165) is 22.9 Å². The molecule has 0 amide bonds. The van der Waals surface area contributed by atoms with Crippen LogP contribution in [0.4, 0.5) is 0 Å². The number of hydrogen-bond donors (Lipinski definition) is 0. The molecule has 1 aromatic heterocycles. The lowest BCUT2D eigenvalue weighted by Gasteiger charge is -2.41. The number of nitrogens with zero attached hydrogens (tertiary/aromatic N) is 2. The van der Waals surface area contributed by atoms with Crippen molar-refractivity contribution in [3.05, 3.63) is 27.5 Å². The largest absolute Gasteiger partial charge is 0.243 e. The Morgan fingerprint density at radius 3 is 2.80 bits per heavy atom. The molecule has 0 radical (unpaired) electrons. The summed E-state index contributed by atoms with van der Waals surface area (Å²) in [6, 6.07) is 4.31. The van der Waals surface area contributed by atoms with E-state index in [0.29, 0.717) is 11.1 Å². The molecule has 1 heterocycles. The second-order valence-electron chi connectivity index (χ2n) is 4.20. The summed E-state index contributed by atoms with van der Waals surface area (Å²) in [6.07, 6.45) is 3.54. The zero-order valence-corrected chi connectivity index (χ0v) is 10.6. The number of hydrogen-bond acceptors (Lipinski definition) is 2. The smallest absolute Gasteiger partial charge is 0.143 e. The van der Waals surface area contributed by atoms with E-state index in [1.165, 1.54) is 0 Å². The fraction of sp³-hybridized carbons (Fsp3) is 0.455. The van der Waals surface area contributed by atoms with E-state index in [1.807, 2.05) is 6.07 Å². The predicted molar refractivity (Wildman–Crippen MR) is 62.6 cm³/mol. The first kappa shape index (κ1) is 10.9. The molecule has 0 aromatic carbocycles. The van der Waals surface area contributed by atoms with Crippen LogP contribution in [0.1, 0.15) is 25.3 Å². The highest BCUT2D eigenvalue weighted by atomic mass is 79.9. The van der Waals surface area contributed by atoms with Crippen LogP contribution in [0.5, 0.6) is 0 Å². The van der Waals surface area contributed by atoms with Gasteiger partial charge in [0.05, 0.1) is 16.0 Å². The third kappa shape index (κ3) is 1.77. The summed E-state index contributed by atoms with van der Waals surface area (Å²) in [7, 11) is 0. The first-order valence-electron chi connectivity index (χ1n) is 4.80. The molecule has 0 bridgehead atoms. The standard InChI is InChI=1S/C11H10BrClN2/c1-7-3-11(4-7,6-14)8-2-9(12)10(13)15-5-8/h2,5,7H,3-4H2,1H3. The van der Waals surface area contributed by atoms with Gasteiger partial charge in [0, 0.05) is 6.20 Å². The Balaban J connectivity index is 2.38. The molecule has 1 fully saturated rings. The summed E-state index contributed by atoms with van der Waals surface area (Å²) in [4.78, 5) is 4.07. The number of aromatic nitrogens is 1. The molecule has 1 aliphatic carbocycles. The molecule has 0 spiro atoms. The Kier molecular flexibility index (Phi) is 2.74. The van der Waals surface area contributed by atoms with Gasteiger partial charge in [-0.1, -0.05) is 18.5 Å². The van der Waals surface area contributed by atoms with Crippen LogP contribution in [0.15, 0.2) is 16.7 Å². The minimum absolute atomic E-state index is 0.334. The fourth-order valence-corrected chi connectivity index (χ4v) is 2.66. The summed E-state index contributed by atoms with van der Waals surface area (Å²) < 4.78 is 0.760. The lowest BCUT2D eigenvalue weighted by Crippen LogP contribution is -2.38. The molecule has 78 valence electrons. The van der Waals surface area contributed by atoms with Crippen LogP contribution in [-0.2, 0) is 5.41 Å². The Hall–Kier alpha value is -0.590. The van der Waals surface area contributed by atoms with E-state index in [9.17, 15) is 5.26 Å². The van der Waals surface area contributed by atoms with Gasteiger partial charge in [-0.15, -0.1) is 0 Å². The van der Waals surface area contributed by atoms with Crippen molar-refractivity contribution in [1.82, 2.24) is 4.98 Å². The SMILES string of the molecule is CC1CC(C#N)(c2cnc(Cl)c(Br)c2)C1. The number of halogens is 2. The van der Waals surface area contributed by atoms with Gasteiger partial charge in [-0.2, -0.15) is 5.26 Å². The molecular formula is C11H10BrClN2. The monoisotopic (exact) mass is 284 g/mol. The maximum Gasteiger partial charge on any atom is 0.143 e. The van der Waals surface area contributed by atoms with Gasteiger partial charge in [-0.25, -0.2) is 4.98 Å². The molecule has 15 heavy (non-hydrogen) atoms. The maximum atomic E-state index is 9.24. The minimum Gasteiger partial charge on any atom is -0.243 e. The van der Waals surface area contributed by atoms with Gasteiger partial charge >= 0.3 is 0 Å². The molecule has 0 atom stereocenters. The van der Waals surface area contributed by atoms with Gasteiger partial charge in [-0.3, -0.25) is 0 Å². The first-order chi connectivity index (χ1) is 7.07. The van der Waals surface area contributed by atoms with Crippen LogP contribution in [0, 0.1) is 17.2 Å². The Bertz CT molecular complexity index is 433. The van der Waals surface area contributed by atoms with Crippen LogP contribution in [0.2, 0.25) is 5.15 Å². The molecule has 0 unspecified atom stereocenters. The van der Waals surface area contributed by atoms with Gasteiger partial charge in [0.15, 0.2) is 0 Å². The number of rotatable bonds is 1. The van der Waals surface area contributed by atoms with Gasteiger partial charge in [0.1, 0.15) is 5.15 Å². The summed E-state index contributed by atoms with van der Waals surface area (Å²) in [5.74, 6) is 0.624. The predicted octanol–water partition coefficient (Wildman–Crippen LogP) is 3.69. The topological polar surface area (TPSA) is 36.7 Å². The normalized spacial score (nSPS) is 29.3. The van der Waals surface area contributed by atoms with Crippen LogP contribution < -0.4 is 0 Å². The van der Waals surface area contributed by atoms with E-state index < -0.39 is 0 Å². The van der Waals surface area contributed by atoms with E-state index in [4.69, 9.17) is 11.6 Å². The summed E-state index contributed by atoms with van der Waals surface area (Å²) in [5, 5.41) is 9.69. The second-order valence-corrected chi connectivity index (χ2v) is 5.42. The molecular weight excluding hydrogens is 275 g/mol. The quantitative estimate of drug-likeness (QED) is 0.738. The summed E-state index contributed by atoms with van der Waals surface area (Å²) >= 11 is 9.16. The van der Waals surface area contributed by atoms with Gasteiger partial charge < -0.3 is 0 Å². The minimum atomic E-state index is -0.334. The summed E-state index contributed by atoms with van der Waals surface area (Å²) in [5.41, 5.74) is 0.638. The molecule has 2 rings (SSSR count). The third-order valence-electron chi connectivity index (χ3n) is 2.96. The molecule has 1 saturated carbocycles. The lowest BCUT2D eigenvalue weighted by atomic mass is 9.60. The third-order valence-corrected chi connectivity index (χ3v) is 4.09. The lowest BCUT2D eigenvalue weighted by molar-refractivity contribution is 0.216. The summed E-state index contributed by atoms with van der Waals surface area (Å²) in [6.45, 7) is 2.16. The molecule has 4 heteroatoms. The average Bonchev–Trinajstić information content (AvgIpc) is 2.17. The highest BCUT2D eigenvalue weighted by Crippen LogP contribution is 2.47. The zero-order chi connectivity index (χ0) is 11.1. The van der Waals surface area contributed by atoms with Crippen molar-refractivity contribution in [2.75, 3.05) is 0 Å². The van der Waals surface area contributed by atoms with Crippen molar-refractivity contribution in [1.29, 1.82) is 5.26 Å². The van der Waals surface area contributed by atoms with Crippen LogP contribution in [0.25, 0.3) is 0 Å². The maximum absolute atomic E-state index is 9.24. The van der Waals surface area contributed by atoms with Crippen molar-refractivity contribution < 1.29 is 0 Å². The van der Waals surface area contributed by atoms with E-state index in [2.05, 4.69) is 33.9 Å². The zero-order valence-electron chi connectivity index (χ0n) is 8.30. The average molecular weight is 286 g/mol. The van der Waals surface area contributed by atoms with Crippen molar-refractivity contribution in [3.8, 4) is 6.07 Å². The molecule has 0 aliphatic heterocycles. The second kappa shape index (κ2) is 3.77. The molecule has 1 aliphatic rings. The number of pyridine rings is 1. The molecule has 2 nitrogen and oxygen atoms in total.